The SMILES string of the molecule is Cc1ccc(-c2c3ccccc3c(-c3ccc4c(ccc5ccccc54)c3)c3ccccc23)cc1. The molecule has 0 aliphatic rings. The normalized spacial score (nSPS) is 11.6. The predicted octanol–water partition coefficient (Wildman–Crippen LogP) is 9.94. The van der Waals surface area contributed by atoms with E-state index in [-0.39, 0.29) is 0 Å². The molecule has 0 spiro atoms. The molecule has 0 saturated carbocycles. The maximum atomic E-state index is 2.36. The molecule has 0 fully saturated rings. The molecular weight excluding hydrogens is 420 g/mol. The van der Waals surface area contributed by atoms with Crippen molar-refractivity contribution in [1.29, 1.82) is 0 Å². The van der Waals surface area contributed by atoms with Crippen LogP contribution in [0.5, 0.6) is 0 Å². The Bertz CT molecular complexity index is 1830. The third kappa shape index (κ3) is 3.15. The van der Waals surface area contributed by atoms with E-state index in [4.69, 9.17) is 0 Å². The van der Waals surface area contributed by atoms with Crippen LogP contribution >= 0.6 is 0 Å². The van der Waals surface area contributed by atoms with Crippen LogP contribution in [-0.4, -0.2) is 0 Å². The Hall–Kier alpha value is -4.42. The Morgan fingerprint density at radius 1 is 0.343 bits per heavy atom. The van der Waals surface area contributed by atoms with Crippen LogP contribution in [0.2, 0.25) is 0 Å². The zero-order valence-corrected chi connectivity index (χ0v) is 19.6. The van der Waals surface area contributed by atoms with Gasteiger partial charge in [0, 0.05) is 0 Å². The molecule has 7 aromatic carbocycles. The Balaban J connectivity index is 1.58. The van der Waals surface area contributed by atoms with Crippen LogP contribution in [0.3, 0.4) is 0 Å². The van der Waals surface area contributed by atoms with Gasteiger partial charge in [-0.1, -0.05) is 127 Å². The van der Waals surface area contributed by atoms with Crippen LogP contribution in [0.4, 0.5) is 0 Å². The molecule has 0 unspecified atom stereocenters. The van der Waals surface area contributed by atoms with Crippen LogP contribution < -0.4 is 0 Å². The molecule has 0 saturated heterocycles. The summed E-state index contributed by atoms with van der Waals surface area (Å²) < 4.78 is 0. The molecule has 0 atom stereocenters. The van der Waals surface area contributed by atoms with Crippen molar-refractivity contribution in [2.45, 2.75) is 6.92 Å². The molecule has 0 aliphatic heterocycles. The minimum absolute atomic E-state index is 1.26. The van der Waals surface area contributed by atoms with Gasteiger partial charge in [0.1, 0.15) is 0 Å². The maximum absolute atomic E-state index is 2.36. The second kappa shape index (κ2) is 7.82. The van der Waals surface area contributed by atoms with Crippen LogP contribution in [-0.2, 0) is 0 Å². The summed E-state index contributed by atoms with van der Waals surface area (Å²) in [6, 6.07) is 46.8. The summed E-state index contributed by atoms with van der Waals surface area (Å²) in [5.74, 6) is 0. The summed E-state index contributed by atoms with van der Waals surface area (Å²) in [6.07, 6.45) is 0. The van der Waals surface area contributed by atoms with Crippen molar-refractivity contribution in [3.8, 4) is 22.3 Å². The average Bonchev–Trinajstić information content (AvgIpc) is 2.92. The molecule has 0 aliphatic carbocycles. The van der Waals surface area contributed by atoms with E-state index in [0.717, 1.165) is 0 Å². The van der Waals surface area contributed by atoms with Gasteiger partial charge in [0.15, 0.2) is 0 Å². The minimum Gasteiger partial charge on any atom is -0.0616 e. The molecule has 0 N–H and O–H groups in total. The van der Waals surface area contributed by atoms with Gasteiger partial charge in [-0.05, 0) is 78.3 Å². The van der Waals surface area contributed by atoms with Crippen molar-refractivity contribution in [2.24, 2.45) is 0 Å². The van der Waals surface area contributed by atoms with Gasteiger partial charge in [-0.25, -0.2) is 0 Å². The first kappa shape index (κ1) is 20.0. The number of aryl methyl sites for hydroxylation is 1. The van der Waals surface area contributed by atoms with E-state index in [1.807, 2.05) is 0 Å². The molecular formula is C35H24. The van der Waals surface area contributed by atoms with Crippen molar-refractivity contribution in [2.75, 3.05) is 0 Å². The van der Waals surface area contributed by atoms with Gasteiger partial charge < -0.3 is 0 Å². The first-order valence-corrected chi connectivity index (χ1v) is 12.2. The van der Waals surface area contributed by atoms with E-state index in [1.165, 1.54) is 70.9 Å². The highest BCUT2D eigenvalue weighted by Crippen LogP contribution is 2.44. The Morgan fingerprint density at radius 2 is 0.800 bits per heavy atom. The molecule has 0 heterocycles. The van der Waals surface area contributed by atoms with Crippen molar-refractivity contribution in [1.82, 2.24) is 0 Å². The van der Waals surface area contributed by atoms with Crippen molar-refractivity contribution in [3.05, 3.63) is 133 Å². The summed E-state index contributed by atoms with van der Waals surface area (Å²) in [5.41, 5.74) is 6.42. The van der Waals surface area contributed by atoms with Gasteiger partial charge in [-0.3, -0.25) is 0 Å². The fourth-order valence-corrected chi connectivity index (χ4v) is 5.64. The molecule has 0 bridgehead atoms. The number of benzene rings is 7. The molecule has 0 amide bonds. The molecule has 0 heteroatoms. The van der Waals surface area contributed by atoms with Gasteiger partial charge in [-0.15, -0.1) is 0 Å². The molecule has 0 aromatic heterocycles. The summed E-state index contributed by atoms with van der Waals surface area (Å²) in [6.45, 7) is 2.14. The number of hydrogen-bond donors (Lipinski definition) is 0. The molecule has 7 rings (SSSR count). The molecule has 0 radical (unpaired) electrons. The summed E-state index contributed by atoms with van der Waals surface area (Å²) >= 11 is 0. The maximum Gasteiger partial charge on any atom is -0.00262 e. The van der Waals surface area contributed by atoms with Gasteiger partial charge in [0.25, 0.3) is 0 Å². The van der Waals surface area contributed by atoms with Crippen LogP contribution in [0.25, 0.3) is 65.3 Å². The lowest BCUT2D eigenvalue weighted by atomic mass is 9.85. The zero-order chi connectivity index (χ0) is 23.4. The Morgan fingerprint density at radius 3 is 1.43 bits per heavy atom. The smallest absolute Gasteiger partial charge is 0.00262 e. The topological polar surface area (TPSA) is 0 Å². The Labute approximate surface area is 205 Å². The first-order valence-electron chi connectivity index (χ1n) is 12.2. The number of rotatable bonds is 2. The van der Waals surface area contributed by atoms with Crippen LogP contribution in [0.15, 0.2) is 127 Å². The highest BCUT2D eigenvalue weighted by Gasteiger charge is 2.16. The van der Waals surface area contributed by atoms with E-state index in [1.54, 1.807) is 0 Å². The number of hydrogen-bond acceptors (Lipinski definition) is 0. The van der Waals surface area contributed by atoms with Gasteiger partial charge >= 0.3 is 0 Å². The fraction of sp³-hybridized carbons (Fsp3) is 0.0286. The zero-order valence-electron chi connectivity index (χ0n) is 19.6. The van der Waals surface area contributed by atoms with E-state index in [0.29, 0.717) is 0 Å². The van der Waals surface area contributed by atoms with Crippen molar-refractivity contribution < 1.29 is 0 Å². The summed E-state index contributed by atoms with van der Waals surface area (Å²) in [4.78, 5) is 0. The second-order valence-electron chi connectivity index (χ2n) is 9.43. The van der Waals surface area contributed by atoms with Crippen molar-refractivity contribution >= 4 is 43.1 Å². The first-order chi connectivity index (χ1) is 17.3. The van der Waals surface area contributed by atoms with E-state index in [2.05, 4.69) is 134 Å². The quantitative estimate of drug-likeness (QED) is 0.184. The second-order valence-corrected chi connectivity index (χ2v) is 9.43. The van der Waals surface area contributed by atoms with Gasteiger partial charge in [-0.2, -0.15) is 0 Å². The van der Waals surface area contributed by atoms with Gasteiger partial charge in [0.05, 0.1) is 0 Å². The van der Waals surface area contributed by atoms with Crippen molar-refractivity contribution in [3.63, 3.8) is 0 Å². The highest BCUT2D eigenvalue weighted by atomic mass is 14.2. The van der Waals surface area contributed by atoms with E-state index < -0.39 is 0 Å². The van der Waals surface area contributed by atoms with Crippen LogP contribution in [0, 0.1) is 6.92 Å². The predicted molar refractivity (Wildman–Crippen MR) is 152 cm³/mol. The lowest BCUT2D eigenvalue weighted by molar-refractivity contribution is 1.47. The lowest BCUT2D eigenvalue weighted by Gasteiger charge is -2.18. The third-order valence-electron chi connectivity index (χ3n) is 7.31. The Kier molecular flexibility index (Phi) is 4.47. The fourth-order valence-electron chi connectivity index (χ4n) is 5.64. The minimum atomic E-state index is 1.26. The monoisotopic (exact) mass is 444 g/mol. The summed E-state index contributed by atoms with van der Waals surface area (Å²) in [5, 5.41) is 10.3. The molecule has 0 nitrogen and oxygen atoms in total. The van der Waals surface area contributed by atoms with Crippen LogP contribution in [0.1, 0.15) is 5.56 Å². The summed E-state index contributed by atoms with van der Waals surface area (Å²) in [7, 11) is 0. The largest absolute Gasteiger partial charge is 0.0616 e. The average molecular weight is 445 g/mol. The molecule has 164 valence electrons. The third-order valence-corrected chi connectivity index (χ3v) is 7.31. The van der Waals surface area contributed by atoms with E-state index in [9.17, 15) is 0 Å². The van der Waals surface area contributed by atoms with Gasteiger partial charge in [0.2, 0.25) is 0 Å². The highest BCUT2D eigenvalue weighted by molar-refractivity contribution is 6.22. The molecule has 7 aromatic rings. The molecule has 35 heavy (non-hydrogen) atoms. The number of fused-ring (bicyclic) bond motifs is 5. The van der Waals surface area contributed by atoms with E-state index >= 15 is 0 Å². The standard InChI is InChI=1S/C35H24/c1-23-14-16-25(17-15-23)34-30-10-4-6-12-32(30)35(33-13-7-5-11-31(33)34)27-20-21-29-26(22-27)19-18-24-8-2-3-9-28(24)29/h2-22H,1H3. The lowest BCUT2D eigenvalue weighted by Crippen LogP contribution is -1.91.